The van der Waals surface area contributed by atoms with Crippen molar-refractivity contribution in [1.82, 2.24) is 14.9 Å². The number of aromatic nitrogens is 2. The number of nitrogens with two attached hydrogens (primary N) is 1. The summed E-state index contributed by atoms with van der Waals surface area (Å²) in [4.78, 5) is 16.1. The average molecular weight is 403 g/mol. The summed E-state index contributed by atoms with van der Waals surface area (Å²) in [5.74, 6) is 0.643. The molecule has 1 amide bonds. The van der Waals surface area contributed by atoms with Crippen LogP contribution in [0, 0.1) is 18.7 Å². The lowest BCUT2D eigenvalue weighted by atomic mass is 10.00. The maximum absolute atomic E-state index is 14.3. The van der Waals surface area contributed by atoms with Crippen LogP contribution in [0.15, 0.2) is 30.6 Å². The number of imidazole rings is 1. The zero-order valence-corrected chi connectivity index (χ0v) is 16.3. The first-order chi connectivity index (χ1) is 11.5. The third-order valence-electron chi connectivity index (χ3n) is 4.75. The van der Waals surface area contributed by atoms with Gasteiger partial charge in [0.05, 0.1) is 5.69 Å². The van der Waals surface area contributed by atoms with Crippen LogP contribution in [0.2, 0.25) is 0 Å². The first-order valence-electron chi connectivity index (χ1n) is 8.35. The van der Waals surface area contributed by atoms with E-state index in [1.807, 2.05) is 13.0 Å². The molecule has 0 unspecified atom stereocenters. The predicted molar refractivity (Wildman–Crippen MR) is 105 cm³/mol. The van der Waals surface area contributed by atoms with E-state index in [1.54, 1.807) is 23.0 Å². The van der Waals surface area contributed by atoms with Crippen LogP contribution in [0.4, 0.5) is 4.39 Å². The van der Waals surface area contributed by atoms with E-state index in [-0.39, 0.29) is 48.5 Å². The number of nitrogens with zero attached hydrogens (tertiary/aromatic N) is 2. The van der Waals surface area contributed by atoms with Crippen LogP contribution >= 0.6 is 24.8 Å². The maximum Gasteiger partial charge on any atom is 0.220 e. The largest absolute Gasteiger partial charge is 0.352 e. The van der Waals surface area contributed by atoms with Gasteiger partial charge in [0.1, 0.15) is 11.6 Å². The van der Waals surface area contributed by atoms with Crippen LogP contribution < -0.4 is 11.1 Å². The molecule has 2 atom stereocenters. The van der Waals surface area contributed by atoms with Gasteiger partial charge in [-0.3, -0.25) is 4.79 Å². The molecule has 26 heavy (non-hydrogen) atoms. The van der Waals surface area contributed by atoms with Gasteiger partial charge in [-0.1, -0.05) is 12.5 Å². The van der Waals surface area contributed by atoms with Gasteiger partial charge in [0.2, 0.25) is 5.91 Å². The molecule has 0 bridgehead atoms. The number of hydrogen-bond donors (Lipinski definition) is 2. The molecule has 5 nitrogen and oxygen atoms in total. The summed E-state index contributed by atoms with van der Waals surface area (Å²) < 4.78 is 16.0. The van der Waals surface area contributed by atoms with Crippen molar-refractivity contribution in [2.24, 2.45) is 11.7 Å². The van der Waals surface area contributed by atoms with Crippen molar-refractivity contribution in [3.05, 3.63) is 47.8 Å². The summed E-state index contributed by atoms with van der Waals surface area (Å²) in [6, 6.07) is 5.11. The predicted octanol–water partition coefficient (Wildman–Crippen LogP) is 3.30. The number of benzene rings is 1. The van der Waals surface area contributed by atoms with E-state index in [2.05, 4.69) is 10.3 Å². The Bertz CT molecular complexity index is 738. The molecule has 144 valence electrons. The second kappa shape index (κ2) is 9.90. The topological polar surface area (TPSA) is 72.9 Å². The lowest BCUT2D eigenvalue weighted by Crippen LogP contribution is -2.31. The molecule has 0 radical (unpaired) electrons. The second-order valence-electron chi connectivity index (χ2n) is 6.47. The lowest BCUT2D eigenvalue weighted by molar-refractivity contribution is -0.122. The number of rotatable bonds is 5. The minimum absolute atomic E-state index is 0. The fraction of sp³-hybridized carbons (Fsp3) is 0.444. The standard InChI is InChI=1S/C18H23FN4O.2ClH/c1-12-21-7-8-23(12)17-6-5-13(9-15(17)19)11-22-18(24)10-14-3-2-4-16(14)20;;/h5-9,14,16H,2-4,10-11,20H2,1H3,(H,22,24);2*1H/t14-,16+;;/m0../s1. The van der Waals surface area contributed by atoms with Crippen molar-refractivity contribution in [2.75, 3.05) is 0 Å². The summed E-state index contributed by atoms with van der Waals surface area (Å²) in [6.07, 6.45) is 6.92. The monoisotopic (exact) mass is 402 g/mol. The Morgan fingerprint density at radius 1 is 1.38 bits per heavy atom. The highest BCUT2D eigenvalue weighted by Crippen LogP contribution is 2.26. The summed E-state index contributed by atoms with van der Waals surface area (Å²) in [5.41, 5.74) is 7.18. The zero-order valence-electron chi connectivity index (χ0n) is 14.7. The molecule has 8 heteroatoms. The highest BCUT2D eigenvalue weighted by Gasteiger charge is 2.25. The van der Waals surface area contributed by atoms with Gasteiger partial charge >= 0.3 is 0 Å². The SMILES string of the molecule is Cc1nccn1-c1ccc(CNC(=O)C[C@@H]2CCC[C@H]2N)cc1F.Cl.Cl. The van der Waals surface area contributed by atoms with Crippen molar-refractivity contribution >= 4 is 30.7 Å². The summed E-state index contributed by atoms with van der Waals surface area (Å²) in [6.45, 7) is 2.14. The number of hydrogen-bond acceptors (Lipinski definition) is 3. The molecule has 1 aliphatic carbocycles. The number of halogens is 3. The van der Waals surface area contributed by atoms with Gasteiger partial charge < -0.3 is 15.6 Å². The molecular weight excluding hydrogens is 378 g/mol. The van der Waals surface area contributed by atoms with Crippen molar-refractivity contribution < 1.29 is 9.18 Å². The molecule has 1 heterocycles. The molecule has 0 saturated heterocycles. The normalized spacial score (nSPS) is 18.7. The molecule has 3 N–H and O–H groups in total. The highest BCUT2D eigenvalue weighted by atomic mass is 35.5. The Kier molecular flexibility index (Phi) is 8.53. The molecule has 1 aromatic carbocycles. The van der Waals surface area contributed by atoms with E-state index in [0.29, 0.717) is 18.7 Å². The fourth-order valence-electron chi connectivity index (χ4n) is 3.32. The zero-order chi connectivity index (χ0) is 17.1. The van der Waals surface area contributed by atoms with E-state index in [9.17, 15) is 9.18 Å². The Morgan fingerprint density at radius 2 is 2.15 bits per heavy atom. The quantitative estimate of drug-likeness (QED) is 0.805. The number of carbonyl (C=O) groups excluding carboxylic acids is 1. The Morgan fingerprint density at radius 3 is 2.73 bits per heavy atom. The molecule has 1 aliphatic rings. The van der Waals surface area contributed by atoms with E-state index in [4.69, 9.17) is 5.73 Å². The molecule has 3 rings (SSSR count). The van der Waals surface area contributed by atoms with Crippen LogP contribution in [-0.2, 0) is 11.3 Å². The molecule has 1 aromatic heterocycles. The van der Waals surface area contributed by atoms with E-state index in [1.165, 1.54) is 6.07 Å². The minimum atomic E-state index is -0.333. The van der Waals surface area contributed by atoms with E-state index < -0.39 is 0 Å². The highest BCUT2D eigenvalue weighted by molar-refractivity contribution is 5.85. The molecule has 1 fully saturated rings. The molecule has 0 spiro atoms. The molecular formula is C18H25Cl2FN4O. The molecule has 0 aliphatic heterocycles. The lowest BCUT2D eigenvalue weighted by Gasteiger charge is -2.15. The van der Waals surface area contributed by atoms with Crippen molar-refractivity contribution in [3.63, 3.8) is 0 Å². The Labute approximate surface area is 165 Å². The maximum atomic E-state index is 14.3. The minimum Gasteiger partial charge on any atom is -0.352 e. The third kappa shape index (κ3) is 5.19. The third-order valence-corrected chi connectivity index (χ3v) is 4.75. The van der Waals surface area contributed by atoms with Crippen LogP contribution in [0.3, 0.4) is 0 Å². The summed E-state index contributed by atoms with van der Waals surface area (Å²) in [7, 11) is 0. The smallest absolute Gasteiger partial charge is 0.220 e. The molecule has 2 aromatic rings. The second-order valence-corrected chi connectivity index (χ2v) is 6.47. The van der Waals surface area contributed by atoms with Crippen LogP contribution in [-0.4, -0.2) is 21.5 Å². The Hall–Kier alpha value is -1.63. The van der Waals surface area contributed by atoms with Gasteiger partial charge in [-0.2, -0.15) is 0 Å². The van der Waals surface area contributed by atoms with Gasteiger partial charge in [-0.25, -0.2) is 9.37 Å². The Balaban J connectivity index is 0.00000169. The van der Waals surface area contributed by atoms with E-state index >= 15 is 0 Å². The average Bonchev–Trinajstić information content (AvgIpc) is 3.14. The van der Waals surface area contributed by atoms with Crippen LogP contribution in [0.25, 0.3) is 5.69 Å². The first kappa shape index (κ1) is 22.4. The van der Waals surface area contributed by atoms with Gasteiger partial charge in [0, 0.05) is 31.4 Å². The summed E-state index contributed by atoms with van der Waals surface area (Å²) >= 11 is 0. The van der Waals surface area contributed by atoms with Gasteiger partial charge in [-0.15, -0.1) is 24.8 Å². The fourth-order valence-corrected chi connectivity index (χ4v) is 3.32. The number of carbonyl (C=O) groups is 1. The van der Waals surface area contributed by atoms with Gasteiger partial charge in [-0.05, 0) is 43.4 Å². The first-order valence-corrected chi connectivity index (χ1v) is 8.35. The van der Waals surface area contributed by atoms with Gasteiger partial charge in [0.25, 0.3) is 0 Å². The summed E-state index contributed by atoms with van der Waals surface area (Å²) in [5, 5.41) is 2.86. The van der Waals surface area contributed by atoms with Crippen LogP contribution in [0.1, 0.15) is 37.1 Å². The number of aryl methyl sites for hydroxylation is 1. The number of amides is 1. The van der Waals surface area contributed by atoms with E-state index in [0.717, 1.165) is 30.7 Å². The van der Waals surface area contributed by atoms with Crippen molar-refractivity contribution in [3.8, 4) is 5.69 Å². The molecule has 1 saturated carbocycles. The number of nitrogens with one attached hydrogen (secondary N) is 1. The van der Waals surface area contributed by atoms with Crippen LogP contribution in [0.5, 0.6) is 0 Å². The van der Waals surface area contributed by atoms with Crippen molar-refractivity contribution in [2.45, 2.75) is 45.2 Å². The van der Waals surface area contributed by atoms with Gasteiger partial charge in [0.15, 0.2) is 0 Å². The van der Waals surface area contributed by atoms with Crippen molar-refractivity contribution in [1.29, 1.82) is 0 Å².